The van der Waals surface area contributed by atoms with Gasteiger partial charge in [-0.15, -0.1) is 11.3 Å². The van der Waals surface area contributed by atoms with E-state index < -0.39 is 0 Å². The summed E-state index contributed by atoms with van der Waals surface area (Å²) < 4.78 is 0. The first kappa shape index (κ1) is 20.1. The molecule has 0 radical (unpaired) electrons. The topological polar surface area (TPSA) is 62.3 Å². The van der Waals surface area contributed by atoms with Crippen molar-refractivity contribution in [1.82, 2.24) is 4.98 Å². The molecule has 2 amide bonds. The molecule has 1 fully saturated rings. The molecule has 4 aromatic rings. The van der Waals surface area contributed by atoms with Gasteiger partial charge in [0.2, 0.25) is 5.91 Å². The van der Waals surface area contributed by atoms with Crippen LogP contribution in [0.5, 0.6) is 0 Å². The minimum atomic E-state index is -0.163. The molecule has 1 N–H and O–H groups in total. The van der Waals surface area contributed by atoms with E-state index >= 15 is 0 Å². The second kappa shape index (κ2) is 7.81. The van der Waals surface area contributed by atoms with Crippen molar-refractivity contribution < 1.29 is 9.59 Å². The summed E-state index contributed by atoms with van der Waals surface area (Å²) in [7, 11) is 0. The highest BCUT2D eigenvalue weighted by Crippen LogP contribution is 2.39. The largest absolute Gasteiger partial charge is 0.312 e. The minimum Gasteiger partial charge on any atom is -0.312 e. The second-order valence-corrected chi connectivity index (χ2v) is 10.0. The average Bonchev–Trinajstić information content (AvgIpc) is 3.50. The summed E-state index contributed by atoms with van der Waals surface area (Å²) in [5.41, 5.74) is 4.74. The molecular weight excluding hydrogens is 430 g/mol. The van der Waals surface area contributed by atoms with Crippen molar-refractivity contribution in [3.05, 3.63) is 76.7 Å². The number of fused-ring (bicyclic) bond motifs is 2. The summed E-state index contributed by atoms with van der Waals surface area (Å²) in [4.78, 5) is 33.1. The van der Waals surface area contributed by atoms with Gasteiger partial charge in [0.15, 0.2) is 5.13 Å². The van der Waals surface area contributed by atoms with Gasteiger partial charge >= 0.3 is 0 Å². The van der Waals surface area contributed by atoms with Crippen LogP contribution >= 0.6 is 11.3 Å². The van der Waals surface area contributed by atoms with Gasteiger partial charge in [0.25, 0.3) is 5.91 Å². The fourth-order valence-corrected chi connectivity index (χ4v) is 5.38. The molecule has 164 valence electrons. The van der Waals surface area contributed by atoms with Gasteiger partial charge in [0.1, 0.15) is 0 Å². The molecule has 5 nitrogen and oxygen atoms in total. The summed E-state index contributed by atoms with van der Waals surface area (Å²) in [6.07, 6.45) is 2.92. The van der Waals surface area contributed by atoms with E-state index in [9.17, 15) is 9.59 Å². The van der Waals surface area contributed by atoms with Crippen LogP contribution in [0.4, 0.5) is 10.8 Å². The lowest BCUT2D eigenvalue weighted by Gasteiger charge is -2.17. The number of aryl methyl sites for hydroxylation is 1. The van der Waals surface area contributed by atoms with Crippen molar-refractivity contribution in [2.45, 2.75) is 26.2 Å². The second-order valence-electron chi connectivity index (χ2n) is 8.80. The van der Waals surface area contributed by atoms with Crippen LogP contribution in [0.2, 0.25) is 0 Å². The van der Waals surface area contributed by atoms with Crippen LogP contribution in [-0.4, -0.2) is 23.3 Å². The maximum Gasteiger partial charge on any atom is 0.257 e. The van der Waals surface area contributed by atoms with E-state index in [1.165, 1.54) is 16.9 Å². The number of amides is 2. The summed E-state index contributed by atoms with van der Waals surface area (Å²) in [6, 6.07) is 19.9. The zero-order chi connectivity index (χ0) is 22.5. The first-order valence-electron chi connectivity index (χ1n) is 11.3. The fourth-order valence-electron chi connectivity index (χ4n) is 4.55. The minimum absolute atomic E-state index is 0.163. The summed E-state index contributed by atoms with van der Waals surface area (Å²) >= 11 is 1.48. The summed E-state index contributed by atoms with van der Waals surface area (Å²) in [6.45, 7) is 2.78. The van der Waals surface area contributed by atoms with Crippen molar-refractivity contribution in [3.63, 3.8) is 0 Å². The highest BCUT2D eigenvalue weighted by Gasteiger charge is 2.36. The van der Waals surface area contributed by atoms with Gasteiger partial charge in [-0.1, -0.05) is 36.4 Å². The predicted molar refractivity (Wildman–Crippen MR) is 133 cm³/mol. The van der Waals surface area contributed by atoms with Crippen molar-refractivity contribution in [1.29, 1.82) is 0 Å². The first-order chi connectivity index (χ1) is 16.1. The molecule has 0 atom stereocenters. The number of anilines is 2. The lowest BCUT2D eigenvalue weighted by atomic mass is 10.1. The number of nitrogens with one attached hydrogen (secondary N) is 1. The van der Waals surface area contributed by atoms with E-state index in [1.54, 1.807) is 0 Å². The van der Waals surface area contributed by atoms with Gasteiger partial charge in [-0.3, -0.25) is 14.9 Å². The normalized spacial score (nSPS) is 15.0. The van der Waals surface area contributed by atoms with Gasteiger partial charge in [0.05, 0.1) is 5.69 Å². The van der Waals surface area contributed by atoms with Crippen molar-refractivity contribution in [3.8, 4) is 11.3 Å². The summed E-state index contributed by atoms with van der Waals surface area (Å²) in [5, 5.41) is 5.70. The molecule has 6 rings (SSSR count). The molecule has 1 aliphatic carbocycles. The van der Waals surface area contributed by atoms with Crippen molar-refractivity contribution in [2.24, 2.45) is 5.92 Å². The molecule has 33 heavy (non-hydrogen) atoms. The van der Waals surface area contributed by atoms with E-state index in [-0.39, 0.29) is 17.7 Å². The molecule has 0 unspecified atom stereocenters. The third-order valence-electron chi connectivity index (χ3n) is 6.47. The van der Waals surface area contributed by atoms with Gasteiger partial charge < -0.3 is 4.90 Å². The Balaban J connectivity index is 1.23. The maximum absolute atomic E-state index is 12.8. The Morgan fingerprint density at radius 1 is 1.03 bits per heavy atom. The molecule has 1 aliphatic heterocycles. The Kier molecular flexibility index (Phi) is 4.76. The number of carbonyl (C=O) groups is 2. The number of hydrogen-bond donors (Lipinski definition) is 1. The Bertz CT molecular complexity index is 1420. The Morgan fingerprint density at radius 2 is 1.85 bits per heavy atom. The van der Waals surface area contributed by atoms with Crippen LogP contribution in [0.25, 0.3) is 22.0 Å². The van der Waals surface area contributed by atoms with E-state index in [1.807, 2.05) is 66.4 Å². The van der Waals surface area contributed by atoms with Crippen LogP contribution in [0.1, 0.15) is 33.6 Å². The molecule has 6 heteroatoms. The number of benzene rings is 3. The van der Waals surface area contributed by atoms with Crippen LogP contribution in [0, 0.1) is 12.8 Å². The number of carbonyl (C=O) groups excluding carboxylic acids is 2. The number of aromatic nitrogens is 1. The van der Waals surface area contributed by atoms with E-state index in [0.29, 0.717) is 10.7 Å². The molecule has 3 aromatic carbocycles. The highest BCUT2D eigenvalue weighted by molar-refractivity contribution is 7.16. The maximum atomic E-state index is 12.8. The molecule has 2 aliphatic rings. The van der Waals surface area contributed by atoms with Gasteiger partial charge in [0, 0.05) is 34.2 Å². The summed E-state index contributed by atoms with van der Waals surface area (Å²) in [5.74, 6) is 0.333. The third-order valence-corrected chi connectivity index (χ3v) is 7.36. The number of nitrogens with zero attached hydrogens (tertiary/aromatic N) is 2. The molecule has 0 spiro atoms. The molecule has 1 saturated carbocycles. The Labute approximate surface area is 196 Å². The number of rotatable bonds is 4. The third kappa shape index (κ3) is 3.70. The predicted octanol–water partition coefficient (Wildman–Crippen LogP) is 5.82. The lowest BCUT2D eigenvalue weighted by molar-refractivity contribution is -0.119. The van der Waals surface area contributed by atoms with E-state index in [2.05, 4.69) is 11.4 Å². The Morgan fingerprint density at radius 3 is 2.67 bits per heavy atom. The Hall–Kier alpha value is -3.51. The average molecular weight is 454 g/mol. The van der Waals surface area contributed by atoms with Crippen LogP contribution in [0.15, 0.2) is 60.7 Å². The van der Waals surface area contributed by atoms with Crippen LogP contribution in [-0.2, 0) is 11.2 Å². The highest BCUT2D eigenvalue weighted by atomic mass is 32.1. The van der Waals surface area contributed by atoms with Crippen molar-refractivity contribution in [2.75, 3.05) is 16.8 Å². The quantitative estimate of drug-likeness (QED) is 0.423. The van der Waals surface area contributed by atoms with Crippen LogP contribution < -0.4 is 10.2 Å². The molecule has 0 bridgehead atoms. The van der Waals surface area contributed by atoms with Gasteiger partial charge in [-0.25, -0.2) is 4.98 Å². The molecule has 2 heterocycles. The van der Waals surface area contributed by atoms with Crippen LogP contribution in [0.3, 0.4) is 0 Å². The standard InChI is InChI=1S/C27H23N3O2S/c1-16-24(21-10-11-23-20(15-21)12-13-30(23)26(32)18-7-8-18)28-27(33-16)29-25(31)22-9-6-17-4-2-3-5-19(17)14-22/h2-6,9-11,14-15,18H,7-8,12-13H2,1H3,(H,28,29,31). The zero-order valence-electron chi connectivity index (χ0n) is 18.3. The first-order valence-corrected chi connectivity index (χ1v) is 12.1. The molecule has 1 aromatic heterocycles. The fraction of sp³-hybridized carbons (Fsp3) is 0.222. The smallest absolute Gasteiger partial charge is 0.257 e. The van der Waals surface area contributed by atoms with E-state index in [0.717, 1.165) is 58.4 Å². The lowest BCUT2D eigenvalue weighted by Crippen LogP contribution is -2.30. The van der Waals surface area contributed by atoms with E-state index in [4.69, 9.17) is 4.98 Å². The molecule has 0 saturated heterocycles. The number of hydrogen-bond acceptors (Lipinski definition) is 4. The van der Waals surface area contributed by atoms with Gasteiger partial charge in [-0.05, 0) is 66.8 Å². The van der Waals surface area contributed by atoms with Crippen molar-refractivity contribution >= 4 is 44.7 Å². The SMILES string of the molecule is Cc1sc(NC(=O)c2ccc3ccccc3c2)nc1-c1ccc2c(c1)CCN2C(=O)C1CC1. The number of thiazole rings is 1. The zero-order valence-corrected chi connectivity index (χ0v) is 19.1. The van der Waals surface area contributed by atoms with Gasteiger partial charge in [-0.2, -0.15) is 0 Å². The molecular formula is C27H23N3O2S. The monoisotopic (exact) mass is 453 g/mol.